The van der Waals surface area contributed by atoms with E-state index in [2.05, 4.69) is 60.7 Å². The quantitative estimate of drug-likeness (QED) is 0.853. The standard InChI is InChI=1S/C20H19NO/c21-19(22)16-11-12-20(13-16)17-7-3-1-5-14(17)9-10-15-6-2-4-8-18(15)20/h1-10,16H,11-13H2,(H2,21,22)/t16-/m1/s1. The van der Waals surface area contributed by atoms with Gasteiger partial charge in [-0.25, -0.2) is 0 Å². The van der Waals surface area contributed by atoms with Gasteiger partial charge in [0.25, 0.3) is 0 Å². The Morgan fingerprint density at radius 2 is 1.50 bits per heavy atom. The van der Waals surface area contributed by atoms with Crippen LogP contribution in [0.5, 0.6) is 0 Å². The number of carbonyl (C=O) groups is 1. The minimum absolute atomic E-state index is 0.0285. The predicted octanol–water partition coefficient (Wildman–Crippen LogP) is 3.74. The monoisotopic (exact) mass is 289 g/mol. The van der Waals surface area contributed by atoms with Gasteiger partial charge in [-0.3, -0.25) is 4.79 Å². The summed E-state index contributed by atoms with van der Waals surface area (Å²) in [5, 5.41) is 0. The molecular formula is C20H19NO. The molecule has 1 atom stereocenters. The van der Waals surface area contributed by atoms with Crippen LogP contribution < -0.4 is 5.73 Å². The Labute approximate surface area is 130 Å². The Balaban J connectivity index is 1.97. The summed E-state index contributed by atoms with van der Waals surface area (Å²) in [4.78, 5) is 11.7. The summed E-state index contributed by atoms with van der Waals surface area (Å²) in [6.45, 7) is 0. The molecule has 2 nitrogen and oxygen atoms in total. The normalized spacial score (nSPS) is 21.2. The molecule has 2 aromatic rings. The third kappa shape index (κ3) is 1.83. The topological polar surface area (TPSA) is 43.1 Å². The molecule has 1 spiro atoms. The van der Waals surface area contributed by atoms with Gasteiger partial charge in [-0.1, -0.05) is 60.7 Å². The second-order valence-electron chi connectivity index (χ2n) is 6.43. The van der Waals surface area contributed by atoms with Crippen molar-refractivity contribution in [2.24, 2.45) is 11.7 Å². The summed E-state index contributed by atoms with van der Waals surface area (Å²) in [5.41, 5.74) is 10.7. The Kier molecular flexibility index (Phi) is 2.93. The number of hydrogen-bond acceptors (Lipinski definition) is 1. The van der Waals surface area contributed by atoms with Crippen LogP contribution in [0.3, 0.4) is 0 Å². The molecule has 110 valence electrons. The number of nitrogens with two attached hydrogens (primary N) is 1. The highest BCUT2D eigenvalue weighted by Crippen LogP contribution is 2.52. The van der Waals surface area contributed by atoms with Crippen LogP contribution in [0.1, 0.15) is 41.5 Å². The van der Waals surface area contributed by atoms with Crippen molar-refractivity contribution in [2.75, 3.05) is 0 Å². The molecule has 1 saturated carbocycles. The van der Waals surface area contributed by atoms with Crippen molar-refractivity contribution in [2.45, 2.75) is 24.7 Å². The van der Waals surface area contributed by atoms with Gasteiger partial charge in [0.1, 0.15) is 0 Å². The number of fused-ring (bicyclic) bond motifs is 4. The fourth-order valence-corrected chi connectivity index (χ4v) is 4.26. The van der Waals surface area contributed by atoms with Gasteiger partial charge in [-0.15, -0.1) is 0 Å². The van der Waals surface area contributed by atoms with Gasteiger partial charge in [0, 0.05) is 11.3 Å². The van der Waals surface area contributed by atoms with Crippen molar-refractivity contribution in [3.05, 3.63) is 70.8 Å². The molecule has 4 rings (SSSR count). The lowest BCUT2D eigenvalue weighted by molar-refractivity contribution is -0.121. The lowest BCUT2D eigenvalue weighted by Gasteiger charge is -2.32. The largest absolute Gasteiger partial charge is 0.369 e. The molecule has 0 unspecified atom stereocenters. The van der Waals surface area contributed by atoms with E-state index in [0.29, 0.717) is 0 Å². The van der Waals surface area contributed by atoms with Crippen LogP contribution in [-0.2, 0) is 10.2 Å². The van der Waals surface area contributed by atoms with Gasteiger partial charge in [0.15, 0.2) is 0 Å². The highest BCUT2D eigenvalue weighted by molar-refractivity contribution is 5.80. The molecule has 2 aliphatic carbocycles. The zero-order valence-electron chi connectivity index (χ0n) is 12.5. The van der Waals surface area contributed by atoms with E-state index in [1.165, 1.54) is 22.3 Å². The summed E-state index contributed by atoms with van der Waals surface area (Å²) in [6.07, 6.45) is 7.06. The molecule has 2 aliphatic rings. The minimum atomic E-state index is -0.163. The van der Waals surface area contributed by atoms with E-state index in [0.717, 1.165) is 19.3 Å². The summed E-state index contributed by atoms with van der Waals surface area (Å²) in [7, 11) is 0. The first-order valence-corrected chi connectivity index (χ1v) is 7.87. The van der Waals surface area contributed by atoms with Crippen LogP contribution in [0.4, 0.5) is 0 Å². The molecule has 0 saturated heterocycles. The number of hydrogen-bond donors (Lipinski definition) is 1. The number of carbonyl (C=O) groups excluding carboxylic acids is 1. The summed E-state index contributed by atoms with van der Waals surface area (Å²) in [5.74, 6) is -0.191. The number of benzene rings is 2. The van der Waals surface area contributed by atoms with Crippen molar-refractivity contribution in [3.63, 3.8) is 0 Å². The van der Waals surface area contributed by atoms with Crippen molar-refractivity contribution < 1.29 is 4.79 Å². The molecule has 2 N–H and O–H groups in total. The predicted molar refractivity (Wildman–Crippen MR) is 89.1 cm³/mol. The lowest BCUT2D eigenvalue weighted by atomic mass is 9.70. The molecule has 0 aromatic heterocycles. The first-order valence-electron chi connectivity index (χ1n) is 7.87. The molecule has 2 aromatic carbocycles. The highest BCUT2D eigenvalue weighted by atomic mass is 16.1. The molecule has 0 bridgehead atoms. The molecule has 0 radical (unpaired) electrons. The Morgan fingerprint density at radius 3 is 2.00 bits per heavy atom. The maximum absolute atomic E-state index is 11.7. The van der Waals surface area contributed by atoms with Crippen molar-refractivity contribution in [1.29, 1.82) is 0 Å². The smallest absolute Gasteiger partial charge is 0.220 e. The fraction of sp³-hybridized carbons (Fsp3) is 0.250. The molecule has 0 aliphatic heterocycles. The van der Waals surface area contributed by atoms with Gasteiger partial charge in [-0.05, 0) is 41.5 Å². The second-order valence-corrected chi connectivity index (χ2v) is 6.43. The van der Waals surface area contributed by atoms with Crippen molar-refractivity contribution in [1.82, 2.24) is 0 Å². The minimum Gasteiger partial charge on any atom is -0.369 e. The average Bonchev–Trinajstić information content (AvgIpc) is 2.94. The van der Waals surface area contributed by atoms with E-state index in [-0.39, 0.29) is 17.2 Å². The van der Waals surface area contributed by atoms with Crippen LogP contribution in [-0.4, -0.2) is 5.91 Å². The zero-order chi connectivity index (χ0) is 15.2. The Hall–Kier alpha value is -2.35. The van der Waals surface area contributed by atoms with Crippen molar-refractivity contribution in [3.8, 4) is 0 Å². The number of primary amides is 1. The number of amides is 1. The molecule has 22 heavy (non-hydrogen) atoms. The van der Waals surface area contributed by atoms with Gasteiger partial charge >= 0.3 is 0 Å². The van der Waals surface area contributed by atoms with E-state index in [1.54, 1.807) is 0 Å². The SMILES string of the molecule is NC(=O)[C@@H]1CCC2(C1)c1ccccc1C=Cc1ccccc12. The van der Waals surface area contributed by atoms with Gasteiger partial charge in [-0.2, -0.15) is 0 Å². The van der Waals surface area contributed by atoms with Crippen LogP contribution in [0.2, 0.25) is 0 Å². The van der Waals surface area contributed by atoms with Gasteiger partial charge < -0.3 is 5.73 Å². The number of rotatable bonds is 1. The van der Waals surface area contributed by atoms with Gasteiger partial charge in [0.05, 0.1) is 0 Å². The highest BCUT2D eigenvalue weighted by Gasteiger charge is 2.45. The lowest BCUT2D eigenvalue weighted by Crippen LogP contribution is -2.28. The maximum atomic E-state index is 11.7. The van der Waals surface area contributed by atoms with Gasteiger partial charge in [0.2, 0.25) is 5.91 Å². The average molecular weight is 289 g/mol. The van der Waals surface area contributed by atoms with Crippen LogP contribution in [0.15, 0.2) is 48.5 Å². The summed E-state index contributed by atoms with van der Waals surface area (Å²) in [6, 6.07) is 17.1. The Bertz CT molecular complexity index is 725. The summed E-state index contributed by atoms with van der Waals surface area (Å²) >= 11 is 0. The molecule has 1 fully saturated rings. The third-order valence-corrected chi connectivity index (χ3v) is 5.31. The molecule has 0 heterocycles. The fourth-order valence-electron chi connectivity index (χ4n) is 4.26. The van der Waals surface area contributed by atoms with E-state index < -0.39 is 0 Å². The van der Waals surface area contributed by atoms with Crippen LogP contribution in [0, 0.1) is 5.92 Å². The van der Waals surface area contributed by atoms with E-state index in [1.807, 2.05) is 0 Å². The van der Waals surface area contributed by atoms with E-state index in [9.17, 15) is 4.79 Å². The van der Waals surface area contributed by atoms with Crippen molar-refractivity contribution >= 4 is 18.1 Å². The molecule has 1 amide bonds. The van der Waals surface area contributed by atoms with E-state index in [4.69, 9.17) is 5.73 Å². The Morgan fingerprint density at radius 1 is 0.955 bits per heavy atom. The maximum Gasteiger partial charge on any atom is 0.220 e. The van der Waals surface area contributed by atoms with Crippen LogP contribution >= 0.6 is 0 Å². The third-order valence-electron chi connectivity index (χ3n) is 5.31. The first-order chi connectivity index (χ1) is 10.7. The molecule has 2 heteroatoms. The van der Waals surface area contributed by atoms with E-state index >= 15 is 0 Å². The summed E-state index contributed by atoms with van der Waals surface area (Å²) < 4.78 is 0. The first kappa shape index (κ1) is 13.3. The van der Waals surface area contributed by atoms with Crippen LogP contribution in [0.25, 0.3) is 12.2 Å². The zero-order valence-corrected chi connectivity index (χ0v) is 12.5. The second kappa shape index (κ2) is 4.84. The molecular weight excluding hydrogens is 270 g/mol.